The number of halogens is 1. The predicted octanol–water partition coefficient (Wildman–Crippen LogP) is 4.43. The van der Waals surface area contributed by atoms with Crippen molar-refractivity contribution in [3.63, 3.8) is 0 Å². The van der Waals surface area contributed by atoms with Crippen molar-refractivity contribution in [2.75, 3.05) is 11.9 Å². The molecule has 2 aromatic carbocycles. The number of aromatic nitrogens is 1. The van der Waals surface area contributed by atoms with Gasteiger partial charge in [-0.15, -0.1) is 0 Å². The Morgan fingerprint density at radius 1 is 1.17 bits per heavy atom. The van der Waals surface area contributed by atoms with Crippen LogP contribution in [-0.2, 0) is 6.54 Å². The van der Waals surface area contributed by atoms with Crippen LogP contribution in [0, 0.1) is 10.1 Å². The number of anilines is 1. The Labute approximate surface area is 138 Å². The SMILES string of the molecule is CN(Cc1ccccc1Cl)c1ccc([N+](=O)[O-])c2cnccc12. The maximum absolute atomic E-state index is 11.2. The number of benzene rings is 2. The van der Waals surface area contributed by atoms with Gasteiger partial charge in [0.1, 0.15) is 0 Å². The molecule has 0 aliphatic heterocycles. The van der Waals surface area contributed by atoms with E-state index in [-0.39, 0.29) is 10.6 Å². The molecule has 0 radical (unpaired) electrons. The molecule has 0 spiro atoms. The number of hydrogen-bond donors (Lipinski definition) is 0. The molecule has 0 saturated heterocycles. The molecule has 0 N–H and O–H groups in total. The Bertz CT molecular complexity index is 883. The van der Waals surface area contributed by atoms with E-state index >= 15 is 0 Å². The van der Waals surface area contributed by atoms with Crippen molar-refractivity contribution in [2.24, 2.45) is 0 Å². The van der Waals surface area contributed by atoms with Crippen molar-refractivity contribution in [1.82, 2.24) is 4.98 Å². The third kappa shape index (κ3) is 2.96. The number of fused-ring (bicyclic) bond motifs is 1. The molecule has 0 bridgehead atoms. The minimum atomic E-state index is -0.387. The minimum absolute atomic E-state index is 0.0583. The summed E-state index contributed by atoms with van der Waals surface area (Å²) in [7, 11) is 1.93. The average molecular weight is 328 g/mol. The first kappa shape index (κ1) is 15.2. The van der Waals surface area contributed by atoms with Gasteiger partial charge in [-0.05, 0) is 23.8 Å². The third-order valence-corrected chi connectivity index (χ3v) is 4.11. The van der Waals surface area contributed by atoms with Crippen LogP contribution in [-0.4, -0.2) is 17.0 Å². The van der Waals surface area contributed by atoms with Crippen LogP contribution in [0.1, 0.15) is 5.56 Å². The molecule has 23 heavy (non-hydrogen) atoms. The van der Waals surface area contributed by atoms with Gasteiger partial charge in [-0.25, -0.2) is 0 Å². The van der Waals surface area contributed by atoms with Crippen LogP contribution >= 0.6 is 11.6 Å². The Hall–Kier alpha value is -2.66. The molecule has 3 aromatic rings. The molecule has 0 aliphatic carbocycles. The van der Waals surface area contributed by atoms with Crippen LogP contribution in [0.25, 0.3) is 10.8 Å². The lowest BCUT2D eigenvalue weighted by Gasteiger charge is -2.21. The standard InChI is InChI=1S/C17H14ClN3O2/c1-20(11-12-4-2-3-5-15(12)18)16-6-7-17(21(22)23)14-10-19-9-8-13(14)16/h2-10H,11H2,1H3. The molecule has 1 heterocycles. The van der Waals surface area contributed by atoms with Crippen LogP contribution in [0.15, 0.2) is 54.9 Å². The molecular weight excluding hydrogens is 314 g/mol. The van der Waals surface area contributed by atoms with Gasteiger partial charge in [0.25, 0.3) is 5.69 Å². The summed E-state index contributed by atoms with van der Waals surface area (Å²) in [6.45, 7) is 0.606. The highest BCUT2D eigenvalue weighted by atomic mass is 35.5. The number of nitro benzene ring substituents is 1. The van der Waals surface area contributed by atoms with E-state index in [4.69, 9.17) is 11.6 Å². The van der Waals surface area contributed by atoms with E-state index in [0.717, 1.165) is 16.6 Å². The Balaban J connectivity index is 2.05. The van der Waals surface area contributed by atoms with E-state index in [2.05, 4.69) is 4.98 Å². The number of non-ortho nitro benzene ring substituents is 1. The van der Waals surface area contributed by atoms with Gasteiger partial charge in [0.05, 0.1) is 10.3 Å². The fraction of sp³-hybridized carbons (Fsp3) is 0.118. The summed E-state index contributed by atoms with van der Waals surface area (Å²) in [5, 5.41) is 13.2. The molecule has 0 unspecified atom stereocenters. The van der Waals surface area contributed by atoms with Crippen LogP contribution in [0.2, 0.25) is 5.02 Å². The summed E-state index contributed by atoms with van der Waals surface area (Å²) in [5.74, 6) is 0. The molecule has 6 heteroatoms. The zero-order valence-corrected chi connectivity index (χ0v) is 13.2. The topological polar surface area (TPSA) is 59.3 Å². The molecule has 0 amide bonds. The van der Waals surface area contributed by atoms with Crippen molar-refractivity contribution >= 4 is 33.7 Å². The first-order valence-corrected chi connectivity index (χ1v) is 7.41. The van der Waals surface area contributed by atoms with Gasteiger partial charge < -0.3 is 4.90 Å². The molecule has 3 rings (SSSR count). The van der Waals surface area contributed by atoms with Crippen LogP contribution in [0.5, 0.6) is 0 Å². The second kappa shape index (κ2) is 6.22. The molecule has 1 aromatic heterocycles. The third-order valence-electron chi connectivity index (χ3n) is 3.75. The highest BCUT2D eigenvalue weighted by molar-refractivity contribution is 6.31. The monoisotopic (exact) mass is 327 g/mol. The van der Waals surface area contributed by atoms with Crippen LogP contribution in [0.4, 0.5) is 11.4 Å². The maximum atomic E-state index is 11.2. The van der Waals surface area contributed by atoms with Crippen molar-refractivity contribution in [2.45, 2.75) is 6.54 Å². The zero-order chi connectivity index (χ0) is 16.4. The van der Waals surface area contributed by atoms with E-state index in [1.807, 2.05) is 36.2 Å². The Morgan fingerprint density at radius 3 is 2.70 bits per heavy atom. The Morgan fingerprint density at radius 2 is 1.96 bits per heavy atom. The van der Waals surface area contributed by atoms with Crippen molar-refractivity contribution < 1.29 is 4.92 Å². The van der Waals surface area contributed by atoms with Crippen LogP contribution in [0.3, 0.4) is 0 Å². The van der Waals surface area contributed by atoms with E-state index in [0.29, 0.717) is 17.0 Å². The summed E-state index contributed by atoms with van der Waals surface area (Å²) >= 11 is 6.21. The number of nitrogens with zero attached hydrogens (tertiary/aromatic N) is 3. The van der Waals surface area contributed by atoms with Crippen molar-refractivity contribution in [3.8, 4) is 0 Å². The summed E-state index contributed by atoms with van der Waals surface area (Å²) in [4.78, 5) is 16.8. The molecule has 0 saturated carbocycles. The quantitative estimate of drug-likeness (QED) is 0.525. The normalized spacial score (nSPS) is 10.7. The largest absolute Gasteiger partial charge is 0.370 e. The first-order chi connectivity index (χ1) is 11.1. The lowest BCUT2D eigenvalue weighted by molar-refractivity contribution is -0.383. The average Bonchev–Trinajstić information content (AvgIpc) is 2.55. The molecule has 0 fully saturated rings. The fourth-order valence-electron chi connectivity index (χ4n) is 2.62. The lowest BCUT2D eigenvalue weighted by atomic mass is 10.1. The second-order valence-electron chi connectivity index (χ2n) is 5.23. The summed E-state index contributed by atoms with van der Waals surface area (Å²) in [6.07, 6.45) is 3.17. The number of nitro groups is 1. The van der Waals surface area contributed by atoms with Gasteiger partial charge in [0, 0.05) is 48.1 Å². The second-order valence-corrected chi connectivity index (χ2v) is 5.64. The van der Waals surface area contributed by atoms with Gasteiger partial charge in [0.15, 0.2) is 0 Å². The number of rotatable bonds is 4. The summed E-state index contributed by atoms with van der Waals surface area (Å²) < 4.78 is 0. The summed E-state index contributed by atoms with van der Waals surface area (Å²) in [5.41, 5.74) is 1.95. The van der Waals surface area contributed by atoms with E-state index in [1.165, 1.54) is 12.3 Å². The lowest BCUT2D eigenvalue weighted by Crippen LogP contribution is -2.17. The highest BCUT2D eigenvalue weighted by Gasteiger charge is 2.16. The predicted molar refractivity (Wildman–Crippen MR) is 92.0 cm³/mol. The minimum Gasteiger partial charge on any atom is -0.370 e. The first-order valence-electron chi connectivity index (χ1n) is 7.03. The molecule has 0 atom stereocenters. The highest BCUT2D eigenvalue weighted by Crippen LogP contribution is 2.33. The number of hydrogen-bond acceptors (Lipinski definition) is 4. The fourth-order valence-corrected chi connectivity index (χ4v) is 2.81. The van der Waals surface area contributed by atoms with E-state index in [9.17, 15) is 10.1 Å². The summed E-state index contributed by atoms with van der Waals surface area (Å²) in [6, 6.07) is 12.7. The van der Waals surface area contributed by atoms with Crippen molar-refractivity contribution in [3.05, 3.63) is 75.6 Å². The maximum Gasteiger partial charge on any atom is 0.278 e. The van der Waals surface area contributed by atoms with Gasteiger partial charge in [0.2, 0.25) is 0 Å². The van der Waals surface area contributed by atoms with Gasteiger partial charge >= 0.3 is 0 Å². The molecule has 5 nitrogen and oxygen atoms in total. The van der Waals surface area contributed by atoms with Crippen LogP contribution < -0.4 is 4.90 Å². The molecular formula is C17H14ClN3O2. The molecule has 0 aliphatic rings. The zero-order valence-electron chi connectivity index (χ0n) is 12.4. The smallest absolute Gasteiger partial charge is 0.278 e. The number of pyridine rings is 1. The van der Waals surface area contributed by atoms with E-state index < -0.39 is 0 Å². The van der Waals surface area contributed by atoms with Crippen molar-refractivity contribution in [1.29, 1.82) is 0 Å². The van der Waals surface area contributed by atoms with Gasteiger partial charge in [-0.2, -0.15) is 0 Å². The van der Waals surface area contributed by atoms with Gasteiger partial charge in [-0.3, -0.25) is 15.1 Å². The van der Waals surface area contributed by atoms with Gasteiger partial charge in [-0.1, -0.05) is 29.8 Å². The van der Waals surface area contributed by atoms with E-state index in [1.54, 1.807) is 18.3 Å². The molecule has 116 valence electrons. The Kier molecular flexibility index (Phi) is 4.12.